The summed E-state index contributed by atoms with van der Waals surface area (Å²) < 4.78 is 19.7. The molecule has 1 saturated heterocycles. The molecule has 0 spiro atoms. The Bertz CT molecular complexity index is 1430. The van der Waals surface area contributed by atoms with Crippen molar-refractivity contribution in [3.05, 3.63) is 69.6 Å². The quantitative estimate of drug-likeness (QED) is 0.443. The van der Waals surface area contributed by atoms with E-state index in [2.05, 4.69) is 25.8 Å². The van der Waals surface area contributed by atoms with E-state index in [-0.39, 0.29) is 12.2 Å². The van der Waals surface area contributed by atoms with Gasteiger partial charge in [-0.05, 0) is 41.2 Å². The topological polar surface area (TPSA) is 86.3 Å². The number of thiazole rings is 1. The smallest absolute Gasteiger partial charge is 0.338 e. The third-order valence-electron chi connectivity index (χ3n) is 5.59. The van der Waals surface area contributed by atoms with Crippen LogP contribution in [0.2, 0.25) is 0 Å². The van der Waals surface area contributed by atoms with E-state index in [4.69, 9.17) is 13.9 Å². The molecule has 0 aromatic carbocycles. The predicted molar refractivity (Wildman–Crippen MR) is 134 cm³/mol. The Balaban J connectivity index is 1.61. The first-order valence-electron chi connectivity index (χ1n) is 10.8. The Kier molecular flexibility index (Phi) is 6.61. The first-order chi connectivity index (χ1) is 16.5. The third kappa shape index (κ3) is 4.21. The summed E-state index contributed by atoms with van der Waals surface area (Å²) in [5.41, 5.74) is 0.718. The maximum atomic E-state index is 13.6. The second-order valence-electron chi connectivity index (χ2n) is 7.72. The van der Waals surface area contributed by atoms with Crippen LogP contribution in [0.5, 0.6) is 0 Å². The molecule has 0 unspecified atom stereocenters. The number of halogens is 1. The highest BCUT2D eigenvalue weighted by Gasteiger charge is 2.34. The second-order valence-corrected chi connectivity index (χ2v) is 10.6. The van der Waals surface area contributed by atoms with Gasteiger partial charge in [-0.1, -0.05) is 17.4 Å². The Morgan fingerprint density at radius 1 is 1.38 bits per heavy atom. The van der Waals surface area contributed by atoms with E-state index in [1.807, 2.05) is 23.6 Å². The SMILES string of the molecule is CCOC(=O)C1=C(C)N=c2s/c(=C/c3cc(Br)c(N4CCOCC4)o3)c(=O)n2[C@@H]1c1cccs1. The average molecular weight is 564 g/mol. The largest absolute Gasteiger partial charge is 0.463 e. The van der Waals surface area contributed by atoms with Crippen molar-refractivity contribution in [2.45, 2.75) is 19.9 Å². The molecular formula is C23H22BrN3O5S2. The minimum absolute atomic E-state index is 0.225. The lowest BCUT2D eigenvalue weighted by molar-refractivity contribution is -0.139. The number of nitrogens with zero attached hydrogens (tertiary/aromatic N) is 3. The van der Waals surface area contributed by atoms with Gasteiger partial charge in [-0.2, -0.15) is 0 Å². The summed E-state index contributed by atoms with van der Waals surface area (Å²) in [5.74, 6) is 0.827. The van der Waals surface area contributed by atoms with Crippen LogP contribution >= 0.6 is 38.6 Å². The number of allylic oxidation sites excluding steroid dienone is 1. The standard InChI is InChI=1S/C23H22BrN3O5S2/c1-3-31-22(29)18-13(2)25-23-27(19(18)16-5-4-10-33-16)20(28)17(34-23)12-14-11-15(24)21(32-14)26-6-8-30-9-7-26/h4-5,10-12,19H,3,6-9H2,1-2H3/b17-12+/t19-/m1/s1. The normalized spacial score (nSPS) is 18.7. The number of aromatic nitrogens is 1. The Hall–Kier alpha value is -2.47. The molecule has 2 aliphatic rings. The van der Waals surface area contributed by atoms with E-state index in [1.165, 1.54) is 22.7 Å². The molecule has 2 aliphatic heterocycles. The van der Waals surface area contributed by atoms with E-state index in [0.29, 0.717) is 39.6 Å². The van der Waals surface area contributed by atoms with E-state index in [0.717, 1.165) is 28.3 Å². The maximum absolute atomic E-state index is 13.6. The van der Waals surface area contributed by atoms with Crippen molar-refractivity contribution in [3.8, 4) is 0 Å². The first-order valence-corrected chi connectivity index (χ1v) is 13.3. The number of hydrogen-bond acceptors (Lipinski definition) is 9. The Morgan fingerprint density at radius 3 is 2.88 bits per heavy atom. The van der Waals surface area contributed by atoms with Gasteiger partial charge in [-0.3, -0.25) is 9.36 Å². The highest BCUT2D eigenvalue weighted by atomic mass is 79.9. The lowest BCUT2D eigenvalue weighted by atomic mass is 10.0. The number of anilines is 1. The van der Waals surface area contributed by atoms with Crippen LogP contribution in [0.1, 0.15) is 30.5 Å². The van der Waals surface area contributed by atoms with Crippen LogP contribution in [0.4, 0.5) is 5.88 Å². The fourth-order valence-electron chi connectivity index (χ4n) is 4.07. The number of fused-ring (bicyclic) bond motifs is 1. The summed E-state index contributed by atoms with van der Waals surface area (Å²) >= 11 is 6.34. The zero-order chi connectivity index (χ0) is 23.8. The number of ether oxygens (including phenoxy) is 2. The van der Waals surface area contributed by atoms with Crippen LogP contribution < -0.4 is 19.8 Å². The van der Waals surface area contributed by atoms with Crippen molar-refractivity contribution < 1.29 is 18.7 Å². The highest BCUT2D eigenvalue weighted by Crippen LogP contribution is 2.33. The van der Waals surface area contributed by atoms with Gasteiger partial charge < -0.3 is 18.8 Å². The zero-order valence-electron chi connectivity index (χ0n) is 18.6. The molecule has 1 atom stereocenters. The number of carbonyl (C=O) groups is 1. The van der Waals surface area contributed by atoms with E-state index >= 15 is 0 Å². The summed E-state index contributed by atoms with van der Waals surface area (Å²) in [6.45, 7) is 6.56. The fourth-order valence-corrected chi connectivity index (χ4v) is 6.47. The monoisotopic (exact) mass is 563 g/mol. The lowest BCUT2D eigenvalue weighted by Crippen LogP contribution is -2.39. The van der Waals surface area contributed by atoms with Gasteiger partial charge in [-0.15, -0.1) is 11.3 Å². The number of esters is 1. The number of carbonyl (C=O) groups excluding carboxylic acids is 1. The zero-order valence-corrected chi connectivity index (χ0v) is 21.8. The van der Waals surface area contributed by atoms with Gasteiger partial charge in [0, 0.05) is 30.1 Å². The molecule has 0 radical (unpaired) electrons. The van der Waals surface area contributed by atoms with E-state index < -0.39 is 12.0 Å². The molecule has 5 rings (SSSR count). The maximum Gasteiger partial charge on any atom is 0.338 e. The molecule has 0 N–H and O–H groups in total. The molecule has 5 heterocycles. The summed E-state index contributed by atoms with van der Waals surface area (Å²) in [7, 11) is 0. The van der Waals surface area contributed by atoms with Crippen LogP contribution in [0, 0.1) is 0 Å². The number of furan rings is 1. The molecule has 1 fully saturated rings. The van der Waals surface area contributed by atoms with Crippen LogP contribution in [-0.2, 0) is 14.3 Å². The minimum Gasteiger partial charge on any atom is -0.463 e. The molecule has 0 saturated carbocycles. The van der Waals surface area contributed by atoms with Gasteiger partial charge in [0.2, 0.25) is 5.88 Å². The van der Waals surface area contributed by atoms with Gasteiger partial charge in [0.1, 0.15) is 11.8 Å². The summed E-state index contributed by atoms with van der Waals surface area (Å²) in [6.07, 6.45) is 1.73. The molecular weight excluding hydrogens is 542 g/mol. The van der Waals surface area contributed by atoms with Gasteiger partial charge in [-0.25, -0.2) is 9.79 Å². The molecule has 0 bridgehead atoms. The van der Waals surface area contributed by atoms with Gasteiger partial charge in [0.05, 0.1) is 40.1 Å². The van der Waals surface area contributed by atoms with E-state index in [1.54, 1.807) is 24.5 Å². The molecule has 0 aliphatic carbocycles. The average Bonchev–Trinajstić information content (AvgIpc) is 3.54. The molecule has 8 nitrogen and oxygen atoms in total. The summed E-state index contributed by atoms with van der Waals surface area (Å²) in [6, 6.07) is 5.10. The second kappa shape index (κ2) is 9.65. The van der Waals surface area contributed by atoms with Gasteiger partial charge in [0.15, 0.2) is 4.80 Å². The number of hydrogen-bond donors (Lipinski definition) is 0. The van der Waals surface area contributed by atoms with Crippen molar-refractivity contribution in [2.24, 2.45) is 4.99 Å². The van der Waals surface area contributed by atoms with Crippen LogP contribution in [0.25, 0.3) is 6.08 Å². The third-order valence-corrected chi connectivity index (χ3v) is 8.06. The van der Waals surface area contributed by atoms with Gasteiger partial charge in [0.25, 0.3) is 5.56 Å². The van der Waals surface area contributed by atoms with Crippen LogP contribution in [-0.4, -0.2) is 43.4 Å². The number of thiophene rings is 1. The van der Waals surface area contributed by atoms with Gasteiger partial charge >= 0.3 is 5.97 Å². The first kappa shape index (κ1) is 23.3. The molecule has 3 aromatic heterocycles. The Morgan fingerprint density at radius 2 is 2.18 bits per heavy atom. The molecule has 3 aromatic rings. The van der Waals surface area contributed by atoms with Crippen molar-refractivity contribution in [1.29, 1.82) is 0 Å². The molecule has 34 heavy (non-hydrogen) atoms. The van der Waals surface area contributed by atoms with E-state index in [9.17, 15) is 9.59 Å². The minimum atomic E-state index is -0.579. The van der Waals surface area contributed by atoms with Crippen molar-refractivity contribution >= 4 is 56.5 Å². The predicted octanol–water partition coefficient (Wildman–Crippen LogP) is 3.05. The van der Waals surface area contributed by atoms with Crippen LogP contribution in [0.15, 0.2) is 53.5 Å². The van der Waals surface area contributed by atoms with Crippen molar-refractivity contribution in [2.75, 3.05) is 37.8 Å². The van der Waals surface area contributed by atoms with Crippen molar-refractivity contribution in [3.63, 3.8) is 0 Å². The summed E-state index contributed by atoms with van der Waals surface area (Å²) in [4.78, 5) is 34.5. The Labute approximate surface area is 211 Å². The molecule has 11 heteroatoms. The van der Waals surface area contributed by atoms with Crippen LogP contribution in [0.3, 0.4) is 0 Å². The number of morpholine rings is 1. The highest BCUT2D eigenvalue weighted by molar-refractivity contribution is 9.10. The lowest BCUT2D eigenvalue weighted by Gasteiger charge is -2.26. The fraction of sp³-hybridized carbons (Fsp3) is 0.348. The van der Waals surface area contributed by atoms with Crippen molar-refractivity contribution in [1.82, 2.24) is 4.57 Å². The number of rotatable bonds is 5. The molecule has 178 valence electrons. The summed E-state index contributed by atoms with van der Waals surface area (Å²) in [5, 5.41) is 1.93. The molecule has 0 amide bonds.